The van der Waals surface area contributed by atoms with Gasteiger partial charge in [0.05, 0.1) is 28.5 Å². The number of imide groups is 1. The Hall–Kier alpha value is -3.52. The van der Waals surface area contributed by atoms with E-state index >= 15 is 0 Å². The molecule has 32 heavy (non-hydrogen) atoms. The van der Waals surface area contributed by atoms with Gasteiger partial charge in [-0.3, -0.25) is 24.1 Å². The van der Waals surface area contributed by atoms with Crippen molar-refractivity contribution in [3.05, 3.63) is 65.2 Å². The molecule has 4 amide bonds. The predicted molar refractivity (Wildman–Crippen MR) is 117 cm³/mol. The topological polar surface area (TPSA) is 105 Å². The number of hydrogen-bond donors (Lipinski definition) is 2. The highest BCUT2D eigenvalue weighted by Crippen LogP contribution is 2.23. The molecule has 0 aliphatic carbocycles. The maximum atomic E-state index is 12.6. The third kappa shape index (κ3) is 4.70. The van der Waals surface area contributed by atoms with Crippen LogP contribution in [-0.2, 0) is 9.53 Å². The van der Waals surface area contributed by atoms with Gasteiger partial charge in [-0.05, 0) is 43.5 Å². The smallest absolute Gasteiger partial charge is 0.261 e. The third-order valence-corrected chi connectivity index (χ3v) is 5.62. The number of rotatable bonds is 8. The third-order valence-electron chi connectivity index (χ3n) is 5.62. The summed E-state index contributed by atoms with van der Waals surface area (Å²) in [6.45, 7) is 1.30. The first-order valence-electron chi connectivity index (χ1n) is 10.8. The highest BCUT2D eigenvalue weighted by molar-refractivity contribution is 6.21. The minimum Gasteiger partial charge on any atom is -0.376 e. The van der Waals surface area contributed by atoms with Crippen molar-refractivity contribution in [1.29, 1.82) is 0 Å². The fraction of sp³-hybridized carbons (Fsp3) is 0.333. The molecular weight excluding hydrogens is 410 g/mol. The van der Waals surface area contributed by atoms with Crippen molar-refractivity contribution in [3.63, 3.8) is 0 Å². The molecule has 0 saturated carbocycles. The fourth-order valence-corrected chi connectivity index (χ4v) is 3.95. The summed E-state index contributed by atoms with van der Waals surface area (Å²) < 4.78 is 5.52. The maximum absolute atomic E-state index is 12.6. The van der Waals surface area contributed by atoms with Gasteiger partial charge in [-0.2, -0.15) is 0 Å². The molecule has 166 valence electrons. The Morgan fingerprint density at radius 1 is 1.00 bits per heavy atom. The second-order valence-corrected chi connectivity index (χ2v) is 7.85. The summed E-state index contributed by atoms with van der Waals surface area (Å²) in [4.78, 5) is 51.0. The van der Waals surface area contributed by atoms with Gasteiger partial charge in [-0.25, -0.2) is 0 Å². The molecule has 2 N–H and O–H groups in total. The van der Waals surface area contributed by atoms with Gasteiger partial charge in [0.15, 0.2) is 0 Å². The van der Waals surface area contributed by atoms with Crippen molar-refractivity contribution >= 4 is 29.3 Å². The Balaban J connectivity index is 1.29. The lowest BCUT2D eigenvalue weighted by Gasteiger charge is -2.15. The number of para-hydroxylation sites is 1. The first kappa shape index (κ1) is 21.7. The minimum absolute atomic E-state index is 0.0304. The van der Waals surface area contributed by atoms with Crippen LogP contribution in [0, 0.1) is 0 Å². The normalized spacial score (nSPS) is 17.4. The number of hydrogen-bond acceptors (Lipinski definition) is 5. The lowest BCUT2D eigenvalue weighted by Crippen LogP contribution is -2.32. The summed E-state index contributed by atoms with van der Waals surface area (Å²) in [6, 6.07) is 13.5. The van der Waals surface area contributed by atoms with Crippen molar-refractivity contribution < 1.29 is 23.9 Å². The molecule has 2 aromatic rings. The van der Waals surface area contributed by atoms with Crippen molar-refractivity contribution in [2.45, 2.75) is 31.8 Å². The van der Waals surface area contributed by atoms with E-state index in [-0.39, 0.29) is 42.7 Å². The van der Waals surface area contributed by atoms with E-state index in [1.165, 1.54) is 4.90 Å². The maximum Gasteiger partial charge on any atom is 0.261 e. The summed E-state index contributed by atoms with van der Waals surface area (Å²) in [5, 5.41) is 5.62. The lowest BCUT2D eigenvalue weighted by molar-refractivity contribution is -0.116. The van der Waals surface area contributed by atoms with Gasteiger partial charge in [0.25, 0.3) is 17.7 Å². The van der Waals surface area contributed by atoms with Crippen molar-refractivity contribution in [3.8, 4) is 0 Å². The van der Waals surface area contributed by atoms with Gasteiger partial charge in [0.2, 0.25) is 5.91 Å². The largest absolute Gasteiger partial charge is 0.376 e. The highest BCUT2D eigenvalue weighted by Gasteiger charge is 2.34. The molecule has 0 spiro atoms. The summed E-state index contributed by atoms with van der Waals surface area (Å²) >= 11 is 0. The molecule has 2 aliphatic heterocycles. The van der Waals surface area contributed by atoms with Crippen LogP contribution < -0.4 is 10.6 Å². The van der Waals surface area contributed by atoms with Gasteiger partial charge < -0.3 is 15.4 Å². The number of nitrogens with one attached hydrogen (secondary N) is 2. The van der Waals surface area contributed by atoms with Crippen molar-refractivity contribution in [1.82, 2.24) is 10.2 Å². The molecule has 0 aromatic heterocycles. The molecule has 2 heterocycles. The lowest BCUT2D eigenvalue weighted by atomic mass is 10.1. The molecule has 1 atom stereocenters. The molecule has 0 radical (unpaired) electrons. The number of amides is 4. The molecule has 2 aliphatic rings. The monoisotopic (exact) mass is 435 g/mol. The first-order chi connectivity index (χ1) is 15.5. The zero-order chi connectivity index (χ0) is 22.5. The molecule has 4 rings (SSSR count). The van der Waals surface area contributed by atoms with Gasteiger partial charge in [-0.15, -0.1) is 0 Å². The number of carbonyl (C=O) groups is 4. The molecule has 8 heteroatoms. The number of benzene rings is 2. The van der Waals surface area contributed by atoms with Crippen LogP contribution in [0.1, 0.15) is 56.8 Å². The van der Waals surface area contributed by atoms with Crippen LogP contribution in [-0.4, -0.2) is 54.3 Å². The number of carbonyl (C=O) groups excluding carboxylic acids is 4. The van der Waals surface area contributed by atoms with E-state index in [9.17, 15) is 19.2 Å². The van der Waals surface area contributed by atoms with Gasteiger partial charge >= 0.3 is 0 Å². The first-order valence-corrected chi connectivity index (χ1v) is 10.8. The second kappa shape index (κ2) is 9.74. The molecule has 8 nitrogen and oxygen atoms in total. The van der Waals surface area contributed by atoms with E-state index < -0.39 is 0 Å². The fourth-order valence-electron chi connectivity index (χ4n) is 3.95. The Bertz CT molecular complexity index is 1010. The van der Waals surface area contributed by atoms with Gasteiger partial charge in [0, 0.05) is 26.1 Å². The number of nitrogens with zero attached hydrogens (tertiary/aromatic N) is 1. The average Bonchev–Trinajstić information content (AvgIpc) is 3.41. The van der Waals surface area contributed by atoms with Crippen molar-refractivity contribution in [2.75, 3.05) is 25.0 Å². The van der Waals surface area contributed by atoms with Crippen LogP contribution in [0.3, 0.4) is 0 Å². The van der Waals surface area contributed by atoms with Crippen molar-refractivity contribution in [2.24, 2.45) is 0 Å². The van der Waals surface area contributed by atoms with E-state index in [4.69, 9.17) is 4.74 Å². The average molecular weight is 435 g/mol. The molecule has 1 unspecified atom stereocenters. The van der Waals surface area contributed by atoms with Crippen LogP contribution in [0.2, 0.25) is 0 Å². The number of fused-ring (bicyclic) bond motifs is 1. The molecule has 2 aromatic carbocycles. The standard InChI is InChI=1S/C24H25N3O5/c28-21(12-5-13-27-23(30)17-8-1-2-9-18(17)24(27)31)26-20-11-4-3-10-19(20)22(29)25-15-16-7-6-14-32-16/h1-4,8-11,16H,5-7,12-15H2,(H,25,29)(H,26,28). The molecule has 0 bridgehead atoms. The zero-order valence-electron chi connectivity index (χ0n) is 17.6. The van der Waals surface area contributed by atoms with E-state index in [1.54, 1.807) is 48.5 Å². The van der Waals surface area contributed by atoms with Crippen LogP contribution in [0.4, 0.5) is 5.69 Å². The Morgan fingerprint density at radius 3 is 2.38 bits per heavy atom. The molecular formula is C24H25N3O5. The Labute approximate surface area is 185 Å². The van der Waals surface area contributed by atoms with E-state index in [1.807, 2.05) is 0 Å². The highest BCUT2D eigenvalue weighted by atomic mass is 16.5. The van der Waals surface area contributed by atoms with Crippen LogP contribution >= 0.6 is 0 Å². The van der Waals surface area contributed by atoms with Gasteiger partial charge in [-0.1, -0.05) is 24.3 Å². The zero-order valence-corrected chi connectivity index (χ0v) is 17.6. The Morgan fingerprint density at radius 2 is 1.69 bits per heavy atom. The second-order valence-electron chi connectivity index (χ2n) is 7.85. The van der Waals surface area contributed by atoms with Crippen LogP contribution in [0.25, 0.3) is 0 Å². The van der Waals surface area contributed by atoms with Gasteiger partial charge in [0.1, 0.15) is 0 Å². The molecule has 1 fully saturated rings. The van der Waals surface area contributed by atoms with Crippen LogP contribution in [0.5, 0.6) is 0 Å². The summed E-state index contributed by atoms with van der Waals surface area (Å²) in [5.41, 5.74) is 1.58. The Kier molecular flexibility index (Phi) is 6.61. The van der Waals surface area contributed by atoms with Crippen LogP contribution in [0.15, 0.2) is 48.5 Å². The SMILES string of the molecule is O=C(CCCN1C(=O)c2ccccc2C1=O)Nc1ccccc1C(=O)NCC1CCCO1. The summed E-state index contributed by atoms with van der Waals surface area (Å²) in [7, 11) is 0. The van der Waals surface area contributed by atoms with E-state index in [0.717, 1.165) is 12.8 Å². The number of anilines is 1. The predicted octanol–water partition coefficient (Wildman–Crippen LogP) is 2.61. The quantitative estimate of drug-likeness (QED) is 0.620. The molecule has 1 saturated heterocycles. The van der Waals surface area contributed by atoms with E-state index in [2.05, 4.69) is 10.6 Å². The summed E-state index contributed by atoms with van der Waals surface area (Å²) in [6.07, 6.45) is 2.38. The minimum atomic E-state index is -0.334. The number of ether oxygens (including phenoxy) is 1. The van der Waals surface area contributed by atoms with E-state index in [0.29, 0.717) is 42.0 Å². The summed E-state index contributed by atoms with van der Waals surface area (Å²) in [5.74, 6) is -1.23.